The highest BCUT2D eigenvalue weighted by Crippen LogP contribution is 2.23. The number of hydrogen-bond acceptors (Lipinski definition) is 6. The van der Waals surface area contributed by atoms with Crippen molar-refractivity contribution in [2.24, 2.45) is 0 Å². The maximum absolute atomic E-state index is 12.8. The van der Waals surface area contributed by atoms with Crippen LogP contribution in [0.3, 0.4) is 0 Å². The number of anilines is 1. The Morgan fingerprint density at radius 2 is 1.69 bits per heavy atom. The Balaban J connectivity index is 1.19. The molecule has 1 amide bonds. The van der Waals surface area contributed by atoms with Crippen LogP contribution in [0.25, 0.3) is 0 Å². The third kappa shape index (κ3) is 5.06. The van der Waals surface area contributed by atoms with Crippen LogP contribution in [0.15, 0.2) is 12.1 Å². The first-order valence-corrected chi connectivity index (χ1v) is 11.0. The van der Waals surface area contributed by atoms with Gasteiger partial charge in [-0.25, -0.2) is 0 Å². The molecule has 7 heteroatoms. The molecule has 2 saturated heterocycles. The summed E-state index contributed by atoms with van der Waals surface area (Å²) in [5.74, 6) is 3.63. The van der Waals surface area contributed by atoms with Crippen molar-refractivity contribution >= 4 is 11.7 Å². The predicted molar refractivity (Wildman–Crippen MR) is 114 cm³/mol. The number of carbonyl (C=O) groups is 1. The number of amides is 1. The molecule has 7 nitrogen and oxygen atoms in total. The van der Waals surface area contributed by atoms with Gasteiger partial charge in [-0.2, -0.15) is 0 Å². The van der Waals surface area contributed by atoms with Gasteiger partial charge in [0.1, 0.15) is 5.69 Å². The Morgan fingerprint density at radius 3 is 2.31 bits per heavy atom. The summed E-state index contributed by atoms with van der Waals surface area (Å²) in [6, 6.07) is 4.51. The van der Waals surface area contributed by atoms with E-state index in [2.05, 4.69) is 35.7 Å². The Kier molecular flexibility index (Phi) is 6.63. The number of hydrogen-bond donors (Lipinski definition) is 0. The van der Waals surface area contributed by atoms with Crippen molar-refractivity contribution in [1.29, 1.82) is 0 Å². The van der Waals surface area contributed by atoms with Crippen LogP contribution in [0.2, 0.25) is 0 Å². The molecule has 3 fully saturated rings. The predicted octanol–water partition coefficient (Wildman–Crippen LogP) is 1.06. The van der Waals surface area contributed by atoms with E-state index in [1.54, 1.807) is 0 Å². The summed E-state index contributed by atoms with van der Waals surface area (Å²) in [7, 11) is 0. The summed E-state index contributed by atoms with van der Waals surface area (Å²) >= 11 is 0. The minimum absolute atomic E-state index is 0.278. The van der Waals surface area contributed by atoms with E-state index >= 15 is 0 Å². The van der Waals surface area contributed by atoms with Gasteiger partial charge in [0.2, 0.25) is 5.91 Å². The van der Waals surface area contributed by atoms with E-state index in [1.807, 2.05) is 12.1 Å². The Morgan fingerprint density at radius 1 is 0.966 bits per heavy atom. The molecular formula is C22H32N6O. The van der Waals surface area contributed by atoms with E-state index in [1.165, 1.54) is 32.1 Å². The van der Waals surface area contributed by atoms with E-state index in [-0.39, 0.29) is 5.91 Å². The SMILES string of the molecule is C#Cc1ccc(N2CCN(CC(=O)N3CCN(C4CCCCC4)CC3)CC2)nn1. The zero-order valence-electron chi connectivity index (χ0n) is 17.3. The second-order valence-electron chi connectivity index (χ2n) is 8.39. The topological polar surface area (TPSA) is 55.8 Å². The maximum Gasteiger partial charge on any atom is 0.236 e. The third-order valence-corrected chi connectivity index (χ3v) is 6.61. The van der Waals surface area contributed by atoms with Crippen molar-refractivity contribution < 1.29 is 4.79 Å². The third-order valence-electron chi connectivity index (χ3n) is 6.61. The molecular weight excluding hydrogens is 364 g/mol. The van der Waals surface area contributed by atoms with E-state index in [0.717, 1.165) is 64.2 Å². The Hall–Kier alpha value is -2.17. The fourth-order valence-electron chi connectivity index (χ4n) is 4.78. The molecule has 0 N–H and O–H groups in total. The second kappa shape index (κ2) is 9.55. The number of rotatable bonds is 4. The lowest BCUT2D eigenvalue weighted by Crippen LogP contribution is -2.55. The first-order valence-electron chi connectivity index (χ1n) is 11.0. The molecule has 156 valence electrons. The molecule has 0 spiro atoms. The lowest BCUT2D eigenvalue weighted by Gasteiger charge is -2.41. The van der Waals surface area contributed by atoms with Crippen LogP contribution in [-0.2, 0) is 4.79 Å². The van der Waals surface area contributed by atoms with E-state index in [9.17, 15) is 4.79 Å². The minimum atomic E-state index is 0.278. The second-order valence-corrected chi connectivity index (χ2v) is 8.39. The van der Waals surface area contributed by atoms with Gasteiger partial charge in [0.25, 0.3) is 0 Å². The van der Waals surface area contributed by atoms with Crippen LogP contribution in [0.1, 0.15) is 37.8 Å². The van der Waals surface area contributed by atoms with E-state index in [4.69, 9.17) is 6.42 Å². The number of piperazine rings is 2. The minimum Gasteiger partial charge on any atom is -0.353 e. The fraction of sp³-hybridized carbons (Fsp3) is 0.682. The molecule has 3 aliphatic rings. The first kappa shape index (κ1) is 20.1. The molecule has 3 heterocycles. The van der Waals surface area contributed by atoms with Crippen LogP contribution in [0.5, 0.6) is 0 Å². The van der Waals surface area contributed by atoms with Crippen LogP contribution >= 0.6 is 0 Å². The molecule has 29 heavy (non-hydrogen) atoms. The average molecular weight is 397 g/mol. The highest BCUT2D eigenvalue weighted by molar-refractivity contribution is 5.78. The van der Waals surface area contributed by atoms with Crippen molar-refractivity contribution in [3.8, 4) is 12.3 Å². The average Bonchev–Trinajstić information content (AvgIpc) is 2.80. The van der Waals surface area contributed by atoms with Crippen LogP contribution in [0.4, 0.5) is 5.82 Å². The molecule has 2 aliphatic heterocycles. The van der Waals surface area contributed by atoms with Crippen LogP contribution in [0, 0.1) is 12.3 Å². The molecule has 0 aromatic carbocycles. The van der Waals surface area contributed by atoms with Crippen molar-refractivity contribution in [3.05, 3.63) is 17.8 Å². The van der Waals surface area contributed by atoms with Gasteiger partial charge in [-0.1, -0.05) is 19.3 Å². The molecule has 0 radical (unpaired) electrons. The van der Waals surface area contributed by atoms with Gasteiger partial charge in [-0.15, -0.1) is 16.6 Å². The summed E-state index contributed by atoms with van der Waals surface area (Å²) < 4.78 is 0. The molecule has 0 atom stereocenters. The monoisotopic (exact) mass is 396 g/mol. The summed E-state index contributed by atoms with van der Waals surface area (Å²) in [6.07, 6.45) is 12.2. The largest absolute Gasteiger partial charge is 0.353 e. The van der Waals surface area contributed by atoms with E-state index in [0.29, 0.717) is 12.2 Å². The van der Waals surface area contributed by atoms with Crippen molar-refractivity contribution in [2.75, 3.05) is 63.8 Å². The molecule has 0 unspecified atom stereocenters. The first-order chi connectivity index (χ1) is 14.2. The lowest BCUT2D eigenvalue weighted by atomic mass is 9.94. The van der Waals surface area contributed by atoms with Crippen LogP contribution < -0.4 is 4.90 Å². The Labute approximate surface area is 174 Å². The number of carbonyl (C=O) groups excluding carboxylic acids is 1. The Bertz CT molecular complexity index is 708. The smallest absolute Gasteiger partial charge is 0.236 e. The summed E-state index contributed by atoms with van der Waals surface area (Å²) in [5.41, 5.74) is 0.557. The zero-order valence-corrected chi connectivity index (χ0v) is 17.3. The van der Waals surface area contributed by atoms with Gasteiger partial charge >= 0.3 is 0 Å². The van der Waals surface area contributed by atoms with Gasteiger partial charge in [0.05, 0.1) is 6.54 Å². The highest BCUT2D eigenvalue weighted by Gasteiger charge is 2.28. The summed E-state index contributed by atoms with van der Waals surface area (Å²) in [6.45, 7) is 7.81. The zero-order chi connectivity index (χ0) is 20.1. The quantitative estimate of drug-likeness (QED) is 0.710. The van der Waals surface area contributed by atoms with Crippen LogP contribution in [-0.4, -0.2) is 95.7 Å². The summed E-state index contributed by atoms with van der Waals surface area (Å²) in [5, 5.41) is 8.25. The molecule has 1 saturated carbocycles. The standard InChI is InChI=1S/C22H32N6O/c1-2-19-8-9-21(24-23-19)27-12-10-25(11-13-27)18-22(29)28-16-14-26(15-17-28)20-6-4-3-5-7-20/h1,8-9,20H,3-7,10-18H2. The fourth-order valence-corrected chi connectivity index (χ4v) is 4.78. The normalized spacial score (nSPS) is 22.4. The lowest BCUT2D eigenvalue weighted by molar-refractivity contribution is -0.134. The van der Waals surface area contributed by atoms with Gasteiger partial charge in [0, 0.05) is 58.4 Å². The van der Waals surface area contributed by atoms with Gasteiger partial charge in [-0.3, -0.25) is 14.6 Å². The molecule has 0 bridgehead atoms. The number of nitrogens with zero attached hydrogens (tertiary/aromatic N) is 6. The van der Waals surface area contributed by atoms with Crippen molar-refractivity contribution in [3.63, 3.8) is 0 Å². The van der Waals surface area contributed by atoms with E-state index < -0.39 is 0 Å². The maximum atomic E-state index is 12.8. The summed E-state index contributed by atoms with van der Waals surface area (Å²) in [4.78, 5) is 21.9. The molecule has 1 aromatic heterocycles. The molecule has 1 aromatic rings. The number of terminal acetylenes is 1. The highest BCUT2D eigenvalue weighted by atomic mass is 16.2. The molecule has 1 aliphatic carbocycles. The van der Waals surface area contributed by atoms with Crippen molar-refractivity contribution in [1.82, 2.24) is 24.9 Å². The van der Waals surface area contributed by atoms with Gasteiger partial charge in [-0.05, 0) is 30.9 Å². The van der Waals surface area contributed by atoms with Crippen molar-refractivity contribution in [2.45, 2.75) is 38.1 Å². The van der Waals surface area contributed by atoms with Gasteiger partial charge in [0.15, 0.2) is 5.82 Å². The molecule has 4 rings (SSSR count). The number of aromatic nitrogens is 2. The van der Waals surface area contributed by atoms with Gasteiger partial charge < -0.3 is 9.80 Å².